The van der Waals surface area contributed by atoms with Gasteiger partial charge in [-0.05, 0) is 61.0 Å². The first-order chi connectivity index (χ1) is 18.1. The van der Waals surface area contributed by atoms with Gasteiger partial charge in [0.25, 0.3) is 5.91 Å². The van der Waals surface area contributed by atoms with Gasteiger partial charge >= 0.3 is 0 Å². The summed E-state index contributed by atoms with van der Waals surface area (Å²) in [6.07, 6.45) is 7.87. The number of carbonyl (C=O) groups is 1. The lowest BCUT2D eigenvalue weighted by atomic mass is 10.1. The van der Waals surface area contributed by atoms with Crippen LogP contribution in [0.2, 0.25) is 0 Å². The fraction of sp³-hybridized carbons (Fsp3) is 0.286. The summed E-state index contributed by atoms with van der Waals surface area (Å²) >= 11 is 1.39. The summed E-state index contributed by atoms with van der Waals surface area (Å²) < 4.78 is 13.2. The van der Waals surface area contributed by atoms with Crippen molar-refractivity contribution in [3.05, 3.63) is 65.9 Å². The van der Waals surface area contributed by atoms with Gasteiger partial charge in [0, 0.05) is 22.7 Å². The number of nitrogens with one attached hydrogen (secondary N) is 1. The Morgan fingerprint density at radius 1 is 1.08 bits per heavy atom. The number of hydrazone groups is 1. The molecule has 1 N–H and O–H groups in total. The van der Waals surface area contributed by atoms with E-state index in [0.717, 1.165) is 58.7 Å². The highest BCUT2D eigenvalue weighted by Gasteiger charge is 2.35. The Morgan fingerprint density at radius 3 is 2.65 bits per heavy atom. The quantitative estimate of drug-likeness (QED) is 0.267. The molecule has 0 spiro atoms. The molecule has 0 atom stereocenters. The van der Waals surface area contributed by atoms with Crippen molar-refractivity contribution in [1.82, 2.24) is 9.58 Å². The molecule has 0 bridgehead atoms. The number of amides is 1. The van der Waals surface area contributed by atoms with E-state index in [4.69, 9.17) is 14.9 Å². The number of amidine groups is 2. The van der Waals surface area contributed by atoms with Crippen LogP contribution in [-0.4, -0.2) is 45.2 Å². The van der Waals surface area contributed by atoms with Crippen molar-refractivity contribution in [2.24, 2.45) is 10.1 Å². The van der Waals surface area contributed by atoms with Crippen LogP contribution in [0.15, 0.2) is 70.4 Å². The summed E-state index contributed by atoms with van der Waals surface area (Å²) in [6, 6.07) is 15.5. The smallest absolute Gasteiger partial charge is 0.283 e. The van der Waals surface area contributed by atoms with Crippen LogP contribution in [0.4, 0.5) is 0 Å². The third-order valence-electron chi connectivity index (χ3n) is 6.27. The summed E-state index contributed by atoms with van der Waals surface area (Å²) in [7, 11) is 1.64. The van der Waals surface area contributed by atoms with E-state index in [1.807, 2.05) is 54.7 Å². The van der Waals surface area contributed by atoms with Crippen LogP contribution >= 0.6 is 11.8 Å². The topological polar surface area (TPSA) is 92.3 Å². The molecule has 190 valence electrons. The summed E-state index contributed by atoms with van der Waals surface area (Å²) in [5.74, 6) is 1.21. The van der Waals surface area contributed by atoms with Crippen molar-refractivity contribution in [2.45, 2.75) is 39.2 Å². The second-order valence-electron chi connectivity index (χ2n) is 8.79. The number of thioether (sulfide) groups is 1. The molecular formula is C28H29N5O3S. The Bertz CT molecular complexity index is 1420. The standard InChI is InChI=1S/C28H29N5O3S/c1-3-4-5-10-25-31-33-26(29)23(27(34)30-28(33)37-25)17-19-18-32(24-9-7-6-8-22(19)24)15-16-36-21-13-11-20(35-2)12-14-21/h6-9,11-14,17-18,29H,3-5,10,15-16H2,1-2H3/b23-17-,29-26?. The third kappa shape index (κ3) is 5.32. The van der Waals surface area contributed by atoms with E-state index in [2.05, 4.69) is 21.6 Å². The highest BCUT2D eigenvalue weighted by atomic mass is 32.2. The lowest BCUT2D eigenvalue weighted by Crippen LogP contribution is -2.35. The van der Waals surface area contributed by atoms with Gasteiger partial charge in [-0.1, -0.05) is 38.0 Å². The number of benzene rings is 2. The number of hydrogen-bond acceptors (Lipinski definition) is 6. The van der Waals surface area contributed by atoms with E-state index in [1.165, 1.54) is 16.8 Å². The largest absolute Gasteiger partial charge is 0.497 e. The minimum atomic E-state index is -0.409. The van der Waals surface area contributed by atoms with Crippen LogP contribution in [0.3, 0.4) is 0 Å². The summed E-state index contributed by atoms with van der Waals surface area (Å²) in [5.41, 5.74) is 2.12. The molecule has 0 unspecified atom stereocenters. The Balaban J connectivity index is 1.35. The molecule has 2 aliphatic heterocycles. The Hall–Kier alpha value is -3.85. The second kappa shape index (κ2) is 11.0. The molecule has 0 saturated heterocycles. The number of fused-ring (bicyclic) bond motifs is 2. The van der Waals surface area contributed by atoms with Gasteiger partial charge in [-0.25, -0.2) is 0 Å². The van der Waals surface area contributed by atoms with Gasteiger partial charge in [-0.15, -0.1) is 0 Å². The molecule has 0 saturated carbocycles. The Labute approximate surface area is 220 Å². The number of aliphatic imine (C=N–C) groups is 1. The number of methoxy groups -OCH3 is 1. The van der Waals surface area contributed by atoms with E-state index in [9.17, 15) is 4.79 Å². The normalized spacial score (nSPS) is 16.3. The summed E-state index contributed by atoms with van der Waals surface area (Å²) in [4.78, 5) is 17.2. The number of rotatable bonds is 10. The molecular weight excluding hydrogens is 486 g/mol. The monoisotopic (exact) mass is 515 g/mol. The molecule has 5 rings (SSSR count). The number of nitrogens with zero attached hydrogens (tertiary/aromatic N) is 4. The summed E-state index contributed by atoms with van der Waals surface area (Å²) in [6.45, 7) is 3.26. The zero-order valence-corrected chi connectivity index (χ0v) is 21.8. The van der Waals surface area contributed by atoms with Gasteiger partial charge in [0.05, 0.1) is 19.2 Å². The van der Waals surface area contributed by atoms with E-state index < -0.39 is 5.91 Å². The van der Waals surface area contributed by atoms with E-state index in [0.29, 0.717) is 18.3 Å². The van der Waals surface area contributed by atoms with Gasteiger partial charge < -0.3 is 14.0 Å². The van der Waals surface area contributed by atoms with Gasteiger partial charge in [0.2, 0.25) is 5.17 Å². The van der Waals surface area contributed by atoms with E-state index in [1.54, 1.807) is 13.2 Å². The molecule has 0 radical (unpaired) electrons. The van der Waals surface area contributed by atoms with Crippen LogP contribution in [0.25, 0.3) is 17.0 Å². The Morgan fingerprint density at radius 2 is 1.86 bits per heavy atom. The first-order valence-corrected chi connectivity index (χ1v) is 13.2. The average Bonchev–Trinajstić information content (AvgIpc) is 3.48. The van der Waals surface area contributed by atoms with Crippen molar-refractivity contribution in [2.75, 3.05) is 13.7 Å². The van der Waals surface area contributed by atoms with Gasteiger partial charge in [-0.3, -0.25) is 10.2 Å². The maximum absolute atomic E-state index is 12.9. The maximum Gasteiger partial charge on any atom is 0.283 e. The molecule has 2 aromatic carbocycles. The van der Waals surface area contributed by atoms with Crippen molar-refractivity contribution < 1.29 is 14.3 Å². The van der Waals surface area contributed by atoms with Crippen LogP contribution < -0.4 is 9.47 Å². The van der Waals surface area contributed by atoms with Gasteiger partial charge in [-0.2, -0.15) is 15.1 Å². The fourth-order valence-corrected chi connectivity index (χ4v) is 5.25. The predicted molar refractivity (Wildman–Crippen MR) is 150 cm³/mol. The highest BCUT2D eigenvalue weighted by molar-refractivity contribution is 8.26. The van der Waals surface area contributed by atoms with Gasteiger partial charge in [0.15, 0.2) is 5.84 Å². The SMILES string of the molecule is CCCCCC1=NN2C(=N)/C(=C/c3cn(CCOc4ccc(OC)cc4)c4ccccc34)C(=O)N=C2S1. The first kappa shape index (κ1) is 24.8. The van der Waals surface area contributed by atoms with Crippen molar-refractivity contribution in [1.29, 1.82) is 5.41 Å². The number of hydrogen-bond donors (Lipinski definition) is 1. The number of carbonyl (C=O) groups excluding carboxylic acids is 1. The fourth-order valence-electron chi connectivity index (χ4n) is 4.32. The van der Waals surface area contributed by atoms with Gasteiger partial charge in [0.1, 0.15) is 23.1 Å². The van der Waals surface area contributed by atoms with Crippen LogP contribution in [0.5, 0.6) is 11.5 Å². The molecule has 2 aliphatic rings. The molecule has 3 aromatic rings. The second-order valence-corrected chi connectivity index (χ2v) is 9.83. The highest BCUT2D eigenvalue weighted by Crippen LogP contribution is 2.31. The number of aromatic nitrogens is 1. The molecule has 0 aliphatic carbocycles. The average molecular weight is 516 g/mol. The van der Waals surface area contributed by atoms with Crippen molar-refractivity contribution in [3.8, 4) is 11.5 Å². The maximum atomic E-state index is 12.9. The van der Waals surface area contributed by atoms with Crippen LogP contribution in [0.1, 0.15) is 38.2 Å². The minimum absolute atomic E-state index is 0.0626. The zero-order chi connectivity index (χ0) is 25.8. The zero-order valence-electron chi connectivity index (χ0n) is 20.9. The van der Waals surface area contributed by atoms with Crippen molar-refractivity contribution >= 4 is 50.7 Å². The number of para-hydroxylation sites is 1. The molecule has 1 amide bonds. The molecule has 8 nitrogen and oxygen atoms in total. The molecule has 3 heterocycles. The van der Waals surface area contributed by atoms with Crippen LogP contribution in [0, 0.1) is 5.41 Å². The van der Waals surface area contributed by atoms with E-state index >= 15 is 0 Å². The lowest BCUT2D eigenvalue weighted by Gasteiger charge is -2.20. The summed E-state index contributed by atoms with van der Waals surface area (Å²) in [5, 5.41) is 17.1. The third-order valence-corrected chi connectivity index (χ3v) is 7.24. The number of unbranched alkanes of at least 4 members (excludes halogenated alkanes) is 2. The van der Waals surface area contributed by atoms with Crippen LogP contribution in [-0.2, 0) is 11.3 Å². The molecule has 9 heteroatoms. The lowest BCUT2D eigenvalue weighted by molar-refractivity contribution is -0.114. The Kier molecular flexibility index (Phi) is 7.41. The first-order valence-electron chi connectivity index (χ1n) is 12.4. The predicted octanol–water partition coefficient (Wildman–Crippen LogP) is 5.93. The molecule has 0 fully saturated rings. The molecule has 37 heavy (non-hydrogen) atoms. The minimum Gasteiger partial charge on any atom is -0.497 e. The number of ether oxygens (including phenoxy) is 2. The molecule has 1 aromatic heterocycles. The van der Waals surface area contributed by atoms with E-state index in [-0.39, 0.29) is 11.4 Å². The van der Waals surface area contributed by atoms with Crippen molar-refractivity contribution in [3.63, 3.8) is 0 Å².